The van der Waals surface area contributed by atoms with Crippen LogP contribution in [0, 0.1) is 40.9 Å². The Morgan fingerprint density at radius 1 is 1.04 bits per heavy atom. The molecule has 1 aliphatic rings. The molecule has 26 heavy (non-hydrogen) atoms. The Balaban J connectivity index is 3.18. The second-order valence-electron chi connectivity index (χ2n) is 9.92. The highest BCUT2D eigenvalue weighted by Gasteiger charge is 2.45. The first-order valence-electron chi connectivity index (χ1n) is 11.9. The van der Waals surface area contributed by atoms with Gasteiger partial charge in [-0.25, -0.2) is 0 Å². The average molecular weight is 363 g/mol. The molecule has 0 saturated heterocycles. The summed E-state index contributed by atoms with van der Waals surface area (Å²) in [6.07, 6.45) is 13.4. The van der Waals surface area contributed by atoms with Crippen molar-refractivity contribution in [2.75, 3.05) is 0 Å². The lowest BCUT2D eigenvalue weighted by Crippen LogP contribution is -2.38. The summed E-state index contributed by atoms with van der Waals surface area (Å²) in [5.74, 6) is 5.37. The van der Waals surface area contributed by atoms with Gasteiger partial charge in [-0.05, 0) is 80.0 Å². The molecule has 0 aromatic carbocycles. The molecule has 0 aromatic heterocycles. The SMILES string of the molecule is CCC/C=C(\C)C(C)(CC)C(CCC)[C@@H](CC)C1CCC(C(C)C)C1C. The van der Waals surface area contributed by atoms with E-state index < -0.39 is 0 Å². The number of hydrogen-bond acceptors (Lipinski definition) is 0. The van der Waals surface area contributed by atoms with Crippen molar-refractivity contribution in [1.82, 2.24) is 0 Å². The van der Waals surface area contributed by atoms with Gasteiger partial charge in [0.05, 0.1) is 0 Å². The Labute approximate surface area is 166 Å². The lowest BCUT2D eigenvalue weighted by Gasteiger charge is -2.46. The molecular formula is C26H50. The van der Waals surface area contributed by atoms with Crippen LogP contribution in [0.15, 0.2) is 11.6 Å². The summed E-state index contributed by atoms with van der Waals surface area (Å²) in [4.78, 5) is 0. The van der Waals surface area contributed by atoms with Gasteiger partial charge in [0.1, 0.15) is 0 Å². The zero-order valence-electron chi connectivity index (χ0n) is 19.7. The van der Waals surface area contributed by atoms with Gasteiger partial charge in [0.15, 0.2) is 0 Å². The van der Waals surface area contributed by atoms with Gasteiger partial charge in [0.25, 0.3) is 0 Å². The third kappa shape index (κ3) is 5.17. The third-order valence-corrected chi connectivity index (χ3v) is 8.37. The maximum atomic E-state index is 2.59. The summed E-state index contributed by atoms with van der Waals surface area (Å²) in [5, 5.41) is 0. The van der Waals surface area contributed by atoms with Crippen molar-refractivity contribution >= 4 is 0 Å². The summed E-state index contributed by atoms with van der Waals surface area (Å²) in [6.45, 7) is 22.1. The summed E-state index contributed by atoms with van der Waals surface area (Å²) in [5.41, 5.74) is 2.05. The Hall–Kier alpha value is -0.260. The highest BCUT2D eigenvalue weighted by atomic mass is 14.5. The molecule has 0 radical (unpaired) electrons. The fourth-order valence-electron chi connectivity index (χ4n) is 6.40. The van der Waals surface area contributed by atoms with E-state index in [4.69, 9.17) is 0 Å². The maximum absolute atomic E-state index is 2.59. The van der Waals surface area contributed by atoms with Crippen molar-refractivity contribution in [3.8, 4) is 0 Å². The Morgan fingerprint density at radius 3 is 2.08 bits per heavy atom. The zero-order valence-corrected chi connectivity index (χ0v) is 19.7. The summed E-state index contributed by atoms with van der Waals surface area (Å²) >= 11 is 0. The molecule has 1 aliphatic carbocycles. The molecule has 0 N–H and O–H groups in total. The molecule has 154 valence electrons. The smallest absolute Gasteiger partial charge is 0.00908 e. The van der Waals surface area contributed by atoms with E-state index in [0.717, 1.165) is 35.5 Å². The normalized spacial score (nSPS) is 29.0. The van der Waals surface area contributed by atoms with E-state index in [0.29, 0.717) is 5.41 Å². The van der Waals surface area contributed by atoms with E-state index in [1.165, 1.54) is 51.4 Å². The first-order valence-corrected chi connectivity index (χ1v) is 11.9. The molecule has 1 saturated carbocycles. The molecule has 0 aromatic rings. The number of rotatable bonds is 11. The van der Waals surface area contributed by atoms with E-state index in [9.17, 15) is 0 Å². The minimum Gasteiger partial charge on any atom is -0.0851 e. The molecular weight excluding hydrogens is 312 g/mol. The molecule has 1 fully saturated rings. The molecule has 0 heterocycles. The van der Waals surface area contributed by atoms with E-state index in [2.05, 4.69) is 68.4 Å². The molecule has 0 spiro atoms. The Morgan fingerprint density at radius 2 is 1.65 bits per heavy atom. The largest absolute Gasteiger partial charge is 0.0851 e. The molecule has 6 atom stereocenters. The van der Waals surface area contributed by atoms with Crippen LogP contribution in [0.4, 0.5) is 0 Å². The number of unbranched alkanes of at least 4 members (excludes halogenated alkanes) is 1. The van der Waals surface area contributed by atoms with Gasteiger partial charge < -0.3 is 0 Å². The first kappa shape index (κ1) is 23.8. The highest BCUT2D eigenvalue weighted by Crippen LogP contribution is 2.53. The second-order valence-corrected chi connectivity index (χ2v) is 9.92. The van der Waals surface area contributed by atoms with Crippen LogP contribution in [0.3, 0.4) is 0 Å². The topological polar surface area (TPSA) is 0 Å². The predicted molar refractivity (Wildman–Crippen MR) is 119 cm³/mol. The van der Waals surface area contributed by atoms with E-state index >= 15 is 0 Å². The summed E-state index contributed by atoms with van der Waals surface area (Å²) < 4.78 is 0. The van der Waals surface area contributed by atoms with Gasteiger partial charge in [0, 0.05) is 0 Å². The van der Waals surface area contributed by atoms with Crippen molar-refractivity contribution in [1.29, 1.82) is 0 Å². The fraction of sp³-hybridized carbons (Fsp3) is 0.923. The van der Waals surface area contributed by atoms with Crippen LogP contribution in [-0.4, -0.2) is 0 Å². The van der Waals surface area contributed by atoms with Crippen LogP contribution in [0.2, 0.25) is 0 Å². The number of allylic oxidation sites excluding steroid dienone is 2. The van der Waals surface area contributed by atoms with Crippen molar-refractivity contribution in [3.05, 3.63) is 11.6 Å². The van der Waals surface area contributed by atoms with Gasteiger partial charge in [-0.2, -0.15) is 0 Å². The van der Waals surface area contributed by atoms with Gasteiger partial charge in [-0.3, -0.25) is 0 Å². The van der Waals surface area contributed by atoms with Gasteiger partial charge in [-0.15, -0.1) is 0 Å². The van der Waals surface area contributed by atoms with Crippen LogP contribution in [-0.2, 0) is 0 Å². The minimum absolute atomic E-state index is 0.376. The summed E-state index contributed by atoms with van der Waals surface area (Å²) in [7, 11) is 0. The standard InChI is InChI=1S/C26H50/c1-10-14-16-20(7)26(9,13-4)25(15-11-2)22(12-3)24-18-17-23(19(5)6)21(24)8/h16,19,21-25H,10-15,17-18H2,1-9H3/b20-16+/t21?,22-,23?,24?,25?,26?/m0/s1. The first-order chi connectivity index (χ1) is 12.3. The maximum Gasteiger partial charge on any atom is -0.00908 e. The van der Waals surface area contributed by atoms with Crippen LogP contribution in [0.5, 0.6) is 0 Å². The van der Waals surface area contributed by atoms with Gasteiger partial charge >= 0.3 is 0 Å². The van der Waals surface area contributed by atoms with Crippen LogP contribution in [0.1, 0.15) is 114 Å². The van der Waals surface area contributed by atoms with E-state index in [-0.39, 0.29) is 0 Å². The fourth-order valence-corrected chi connectivity index (χ4v) is 6.40. The lowest BCUT2D eigenvalue weighted by molar-refractivity contribution is 0.0698. The zero-order chi connectivity index (χ0) is 19.9. The van der Waals surface area contributed by atoms with Crippen molar-refractivity contribution < 1.29 is 0 Å². The molecule has 0 bridgehead atoms. The van der Waals surface area contributed by atoms with E-state index in [1.807, 2.05) is 0 Å². The quantitative estimate of drug-likeness (QED) is 0.322. The molecule has 0 heteroatoms. The third-order valence-electron chi connectivity index (χ3n) is 8.37. The lowest BCUT2D eigenvalue weighted by atomic mass is 9.59. The minimum atomic E-state index is 0.376. The Bertz CT molecular complexity index is 418. The Kier molecular flexibility index (Phi) is 9.98. The van der Waals surface area contributed by atoms with Gasteiger partial charge in [-0.1, -0.05) is 86.3 Å². The molecule has 0 aliphatic heterocycles. The summed E-state index contributed by atoms with van der Waals surface area (Å²) in [6, 6.07) is 0. The molecule has 0 amide bonds. The number of hydrogen-bond donors (Lipinski definition) is 0. The monoisotopic (exact) mass is 362 g/mol. The van der Waals surface area contributed by atoms with Crippen molar-refractivity contribution in [3.63, 3.8) is 0 Å². The molecule has 0 nitrogen and oxygen atoms in total. The van der Waals surface area contributed by atoms with Crippen molar-refractivity contribution in [2.24, 2.45) is 40.9 Å². The molecule has 1 rings (SSSR count). The second kappa shape index (κ2) is 10.9. The van der Waals surface area contributed by atoms with Crippen molar-refractivity contribution in [2.45, 2.75) is 114 Å². The predicted octanol–water partition coefficient (Wildman–Crippen LogP) is 8.91. The van der Waals surface area contributed by atoms with Gasteiger partial charge in [0.2, 0.25) is 0 Å². The average Bonchev–Trinajstić information content (AvgIpc) is 3.00. The highest BCUT2D eigenvalue weighted by molar-refractivity contribution is 5.14. The van der Waals surface area contributed by atoms with E-state index in [1.54, 1.807) is 5.57 Å². The molecule has 5 unspecified atom stereocenters. The van der Waals surface area contributed by atoms with Crippen LogP contribution >= 0.6 is 0 Å². The van der Waals surface area contributed by atoms with Crippen LogP contribution in [0.25, 0.3) is 0 Å². The van der Waals surface area contributed by atoms with Crippen LogP contribution < -0.4 is 0 Å².